The molecule has 0 aliphatic carbocycles. The predicted octanol–water partition coefficient (Wildman–Crippen LogP) is 4.31. The summed E-state index contributed by atoms with van der Waals surface area (Å²) in [6, 6.07) is 12.2. The molecular formula is C29H33N5O6S. The number of ether oxygens (including phenoxy) is 3. The van der Waals surface area contributed by atoms with Gasteiger partial charge in [-0.15, -0.1) is 11.3 Å². The van der Waals surface area contributed by atoms with E-state index < -0.39 is 0 Å². The number of nitrogens with zero attached hydrogens (tertiary/aromatic N) is 3. The van der Waals surface area contributed by atoms with Crippen molar-refractivity contribution in [1.29, 1.82) is 0 Å². The highest BCUT2D eigenvalue weighted by Gasteiger charge is 2.19. The van der Waals surface area contributed by atoms with Gasteiger partial charge in [0.1, 0.15) is 18.2 Å². The average Bonchev–Trinajstić information content (AvgIpc) is 3.61. The Balaban J connectivity index is 1.29. The van der Waals surface area contributed by atoms with Crippen LogP contribution in [-0.2, 0) is 11.3 Å². The largest absolute Gasteiger partial charge is 0.487 e. The van der Waals surface area contributed by atoms with Gasteiger partial charge in [-0.3, -0.25) is 14.3 Å². The lowest BCUT2D eigenvalue weighted by Crippen LogP contribution is -2.35. The summed E-state index contributed by atoms with van der Waals surface area (Å²) < 4.78 is 18.7. The minimum atomic E-state index is -0.268. The predicted molar refractivity (Wildman–Crippen MR) is 156 cm³/mol. The topological polar surface area (TPSA) is 127 Å². The average molecular weight is 580 g/mol. The first-order valence-corrected chi connectivity index (χ1v) is 14.2. The van der Waals surface area contributed by atoms with E-state index in [1.165, 1.54) is 15.9 Å². The Morgan fingerprint density at radius 2 is 1.93 bits per heavy atom. The molecule has 1 aliphatic rings. The third kappa shape index (κ3) is 7.03. The van der Waals surface area contributed by atoms with Crippen molar-refractivity contribution in [2.75, 3.05) is 45.8 Å². The van der Waals surface area contributed by atoms with Gasteiger partial charge < -0.3 is 30.0 Å². The van der Waals surface area contributed by atoms with E-state index in [9.17, 15) is 14.7 Å². The quantitative estimate of drug-likeness (QED) is 0.237. The number of amides is 2. The van der Waals surface area contributed by atoms with Crippen LogP contribution in [0.5, 0.6) is 17.2 Å². The van der Waals surface area contributed by atoms with Gasteiger partial charge in [0.15, 0.2) is 11.5 Å². The van der Waals surface area contributed by atoms with Crippen molar-refractivity contribution < 1.29 is 28.9 Å². The number of aromatic nitrogens is 2. The summed E-state index contributed by atoms with van der Waals surface area (Å²) >= 11 is 1.45. The molecule has 3 N–H and O–H groups in total. The van der Waals surface area contributed by atoms with E-state index in [0.29, 0.717) is 46.7 Å². The Labute approximate surface area is 241 Å². The standard InChI is InChI=1S/C29H33N5O6S/c1-30-29(37)34-12-6-19-15-25(24(17-23(19)34)39-14-13-38-2)40-21-5-9-31-27(16-21)32-28(36)26-4-3-22(41-26)18-33-10-7-20(35)8-11-33/h3-6,9,12,15-17,20,35H,7-8,10-11,13-14,18H2,1-2H3,(H,30,37)(H,31,32,36). The maximum atomic E-state index is 13.0. The number of methoxy groups -OCH3 is 1. The molecule has 0 radical (unpaired) electrons. The number of fused-ring (bicyclic) bond motifs is 1. The molecule has 11 nitrogen and oxygen atoms in total. The highest BCUT2D eigenvalue weighted by molar-refractivity contribution is 7.14. The molecule has 0 atom stereocenters. The van der Waals surface area contributed by atoms with E-state index in [1.54, 1.807) is 50.8 Å². The Kier molecular flexibility index (Phi) is 9.14. The molecule has 4 aromatic rings. The summed E-state index contributed by atoms with van der Waals surface area (Å²) in [5.41, 5.74) is 0.667. The van der Waals surface area contributed by atoms with Gasteiger partial charge in [-0.2, -0.15) is 0 Å². The number of likely N-dealkylation sites (tertiary alicyclic amines) is 1. The SMILES string of the molecule is CNC(=O)n1ccc2cc(Oc3ccnc(NC(=O)c4ccc(CN5CCC(O)CC5)s4)c3)c(OCCOC)cc21. The zero-order valence-electron chi connectivity index (χ0n) is 23.0. The van der Waals surface area contributed by atoms with Gasteiger partial charge in [0.25, 0.3) is 5.91 Å². The second-order valence-electron chi connectivity index (χ2n) is 9.65. The first kappa shape index (κ1) is 28.6. The second-order valence-corrected chi connectivity index (χ2v) is 10.8. The second kappa shape index (κ2) is 13.1. The third-order valence-electron chi connectivity index (χ3n) is 6.76. The Bertz CT molecular complexity index is 1510. The van der Waals surface area contributed by atoms with E-state index in [2.05, 4.69) is 20.5 Å². The number of anilines is 1. The van der Waals surface area contributed by atoms with Gasteiger partial charge >= 0.3 is 6.03 Å². The van der Waals surface area contributed by atoms with Crippen LogP contribution in [0.2, 0.25) is 0 Å². The summed E-state index contributed by atoms with van der Waals surface area (Å²) in [7, 11) is 3.16. The summed E-state index contributed by atoms with van der Waals surface area (Å²) in [5.74, 6) is 1.44. The third-order valence-corrected chi connectivity index (χ3v) is 7.82. The van der Waals surface area contributed by atoms with E-state index in [1.807, 2.05) is 18.2 Å². The van der Waals surface area contributed by atoms with E-state index in [-0.39, 0.29) is 18.0 Å². The van der Waals surface area contributed by atoms with Crippen LogP contribution in [-0.4, -0.2) is 78.1 Å². The number of pyridine rings is 1. The highest BCUT2D eigenvalue weighted by Crippen LogP contribution is 2.36. The van der Waals surface area contributed by atoms with Crippen LogP contribution in [0.4, 0.5) is 10.6 Å². The van der Waals surface area contributed by atoms with Gasteiger partial charge in [-0.1, -0.05) is 0 Å². The zero-order chi connectivity index (χ0) is 28.8. The van der Waals surface area contributed by atoms with Crippen LogP contribution in [0.3, 0.4) is 0 Å². The summed E-state index contributed by atoms with van der Waals surface area (Å²) in [6.07, 6.45) is 4.58. The molecule has 4 heterocycles. The lowest BCUT2D eigenvalue weighted by Gasteiger charge is -2.28. The molecule has 0 unspecified atom stereocenters. The molecule has 0 saturated carbocycles. The van der Waals surface area contributed by atoms with Gasteiger partial charge in [0.2, 0.25) is 0 Å². The molecule has 12 heteroatoms. The van der Waals surface area contributed by atoms with Gasteiger partial charge in [-0.05, 0) is 43.2 Å². The highest BCUT2D eigenvalue weighted by atomic mass is 32.1. The lowest BCUT2D eigenvalue weighted by molar-refractivity contribution is 0.0797. The maximum Gasteiger partial charge on any atom is 0.325 e. The Morgan fingerprint density at radius 3 is 2.71 bits per heavy atom. The Hall–Kier alpha value is -3.97. The number of carbonyl (C=O) groups excluding carboxylic acids is 2. The molecule has 216 valence electrons. The monoisotopic (exact) mass is 579 g/mol. The number of nitrogens with one attached hydrogen (secondary N) is 2. The number of hydrogen-bond acceptors (Lipinski definition) is 9. The molecular weight excluding hydrogens is 546 g/mol. The number of hydrogen-bond donors (Lipinski definition) is 3. The van der Waals surface area contributed by atoms with Crippen LogP contribution in [0.1, 0.15) is 27.4 Å². The van der Waals surface area contributed by atoms with Crippen molar-refractivity contribution in [2.45, 2.75) is 25.5 Å². The molecule has 41 heavy (non-hydrogen) atoms. The summed E-state index contributed by atoms with van der Waals surface area (Å²) in [5, 5.41) is 16.0. The van der Waals surface area contributed by atoms with Crippen molar-refractivity contribution in [3.63, 3.8) is 0 Å². The van der Waals surface area contributed by atoms with Crippen molar-refractivity contribution in [3.8, 4) is 17.2 Å². The van der Waals surface area contributed by atoms with E-state index >= 15 is 0 Å². The fourth-order valence-corrected chi connectivity index (χ4v) is 5.54. The number of carbonyl (C=O) groups is 2. The smallest absolute Gasteiger partial charge is 0.325 e. The minimum absolute atomic E-state index is 0.211. The fraction of sp³-hybridized carbons (Fsp3) is 0.345. The van der Waals surface area contributed by atoms with Gasteiger partial charge in [0, 0.05) is 68.6 Å². The number of benzene rings is 1. The van der Waals surface area contributed by atoms with Crippen LogP contribution in [0.15, 0.2) is 54.9 Å². The summed E-state index contributed by atoms with van der Waals surface area (Å²) in [6.45, 7) is 3.13. The molecule has 3 aromatic heterocycles. The van der Waals surface area contributed by atoms with Crippen molar-refractivity contribution in [3.05, 3.63) is 64.6 Å². The molecule has 0 bridgehead atoms. The molecule has 2 amide bonds. The summed E-state index contributed by atoms with van der Waals surface area (Å²) in [4.78, 5) is 33.5. The van der Waals surface area contributed by atoms with Crippen LogP contribution in [0, 0.1) is 0 Å². The normalized spacial score (nSPS) is 14.2. The van der Waals surface area contributed by atoms with Gasteiger partial charge in [0.05, 0.1) is 23.1 Å². The Morgan fingerprint density at radius 1 is 1.10 bits per heavy atom. The first-order valence-electron chi connectivity index (χ1n) is 13.4. The number of aliphatic hydroxyl groups is 1. The van der Waals surface area contributed by atoms with Crippen molar-refractivity contribution in [1.82, 2.24) is 19.8 Å². The maximum absolute atomic E-state index is 13.0. The fourth-order valence-electron chi connectivity index (χ4n) is 4.60. The molecule has 1 aromatic carbocycles. The number of rotatable bonds is 10. The molecule has 1 aliphatic heterocycles. The van der Waals surface area contributed by atoms with Crippen molar-refractivity contribution in [2.24, 2.45) is 0 Å². The lowest BCUT2D eigenvalue weighted by atomic mass is 10.1. The molecule has 0 spiro atoms. The van der Waals surface area contributed by atoms with Crippen molar-refractivity contribution >= 4 is 40.0 Å². The van der Waals surface area contributed by atoms with Crippen LogP contribution >= 0.6 is 11.3 Å². The molecule has 1 fully saturated rings. The van der Waals surface area contributed by atoms with Crippen LogP contribution in [0.25, 0.3) is 10.9 Å². The number of thiophene rings is 1. The molecule has 1 saturated heterocycles. The molecule has 5 rings (SSSR count). The number of aliphatic hydroxyl groups excluding tert-OH is 1. The van der Waals surface area contributed by atoms with Gasteiger partial charge in [-0.25, -0.2) is 9.78 Å². The van der Waals surface area contributed by atoms with Crippen LogP contribution < -0.4 is 20.1 Å². The van der Waals surface area contributed by atoms with E-state index in [0.717, 1.165) is 42.7 Å². The first-order chi connectivity index (χ1) is 19.9. The van der Waals surface area contributed by atoms with E-state index in [4.69, 9.17) is 14.2 Å². The minimum Gasteiger partial charge on any atom is -0.487 e. The number of piperidine rings is 1. The zero-order valence-corrected chi connectivity index (χ0v) is 23.8.